The van der Waals surface area contributed by atoms with Gasteiger partial charge in [0, 0.05) is 0 Å². The zero-order chi connectivity index (χ0) is 28.8. The lowest BCUT2D eigenvalue weighted by molar-refractivity contribution is -0.145. The summed E-state index contributed by atoms with van der Waals surface area (Å²) in [6, 6.07) is 12.3. The summed E-state index contributed by atoms with van der Waals surface area (Å²) >= 11 is 3.36. The monoisotopic (exact) mass is 676 g/mol. The summed E-state index contributed by atoms with van der Waals surface area (Å²) in [5.74, 6) is -0.121. The number of carbonyl (C=O) groups is 2. The Morgan fingerprint density at radius 1 is 1.10 bits per heavy atom. The fraction of sp³-hybridized carbons (Fsp3) is 0.310. The number of esters is 2. The fourth-order valence-corrected chi connectivity index (χ4v) is 6.18. The van der Waals surface area contributed by atoms with Crippen LogP contribution in [-0.4, -0.2) is 43.4 Å². The zero-order valence-corrected chi connectivity index (χ0v) is 25.5. The van der Waals surface area contributed by atoms with Gasteiger partial charge in [-0.25, -0.2) is 14.6 Å². The molecule has 4 rings (SSSR count). The Morgan fingerprint density at radius 2 is 1.85 bits per heavy atom. The van der Waals surface area contributed by atoms with E-state index >= 15 is 0 Å². The van der Waals surface area contributed by atoms with Gasteiger partial charge in [0.05, 0.1) is 45.7 Å². The molecule has 0 spiro atoms. The summed E-state index contributed by atoms with van der Waals surface area (Å²) in [7, 11) is 1.33. The van der Waals surface area contributed by atoms with E-state index in [0.717, 1.165) is 5.56 Å². The van der Waals surface area contributed by atoms with Crippen LogP contribution in [0.3, 0.4) is 0 Å². The molecule has 2 heterocycles. The number of methoxy groups -OCH3 is 1. The first-order valence-electron chi connectivity index (χ1n) is 12.8. The van der Waals surface area contributed by atoms with Gasteiger partial charge in [-0.05, 0) is 72.2 Å². The van der Waals surface area contributed by atoms with Gasteiger partial charge in [-0.3, -0.25) is 9.36 Å². The van der Waals surface area contributed by atoms with E-state index < -0.39 is 18.0 Å². The number of halogens is 1. The molecule has 0 radical (unpaired) electrons. The number of hydrogen-bond donors (Lipinski definition) is 0. The summed E-state index contributed by atoms with van der Waals surface area (Å²) in [6.45, 7) is 5.89. The predicted molar refractivity (Wildman–Crippen MR) is 159 cm³/mol. The summed E-state index contributed by atoms with van der Waals surface area (Å²) in [4.78, 5) is 43.8. The van der Waals surface area contributed by atoms with Crippen molar-refractivity contribution in [3.05, 3.63) is 88.1 Å². The molecule has 0 aliphatic carbocycles. The normalized spacial score (nSPS) is 14.8. The van der Waals surface area contributed by atoms with Gasteiger partial charge in [-0.15, -0.1) is 0 Å². The fourth-order valence-electron chi connectivity index (χ4n) is 4.37. The van der Waals surface area contributed by atoms with Crippen LogP contribution >= 0.6 is 33.9 Å². The highest BCUT2D eigenvalue weighted by Crippen LogP contribution is 2.35. The Bertz CT molecular complexity index is 1630. The molecule has 0 saturated carbocycles. The first-order chi connectivity index (χ1) is 19.3. The van der Waals surface area contributed by atoms with Crippen LogP contribution in [0, 0.1) is 3.57 Å². The average Bonchev–Trinajstić information content (AvgIpc) is 3.26. The zero-order valence-electron chi connectivity index (χ0n) is 22.6. The second-order valence-electron chi connectivity index (χ2n) is 8.56. The van der Waals surface area contributed by atoms with Crippen molar-refractivity contribution in [3.8, 4) is 11.5 Å². The molecule has 2 aromatic carbocycles. The minimum absolute atomic E-state index is 0.246. The molecule has 0 bridgehead atoms. The third-order valence-corrected chi connectivity index (χ3v) is 7.82. The molecule has 1 aliphatic rings. The smallest absolute Gasteiger partial charge is 0.344 e. The van der Waals surface area contributed by atoms with Crippen LogP contribution in [0.4, 0.5) is 0 Å². The topological polar surface area (TPSA) is 105 Å². The van der Waals surface area contributed by atoms with E-state index in [4.69, 9.17) is 23.9 Å². The molecule has 0 unspecified atom stereocenters. The van der Waals surface area contributed by atoms with Gasteiger partial charge >= 0.3 is 11.9 Å². The van der Waals surface area contributed by atoms with Crippen molar-refractivity contribution in [3.63, 3.8) is 0 Å². The van der Waals surface area contributed by atoms with Gasteiger partial charge < -0.3 is 18.9 Å². The Morgan fingerprint density at radius 3 is 2.50 bits per heavy atom. The second kappa shape index (κ2) is 13.3. The van der Waals surface area contributed by atoms with Crippen molar-refractivity contribution in [1.82, 2.24) is 4.57 Å². The maximum Gasteiger partial charge on any atom is 0.344 e. The standard InChI is InChI=1S/C29H29IN2O7S/c1-5-20-24(28(35)36-4)25(18-11-9-8-10-12-18)32-27(34)22(40-29(32)31-20)15-17-13-19(30)26(21(14-17)37-6-2)39-16-23(33)38-7-3/h8-15,25H,5-7,16H2,1-4H3/b22-15-/t25-/m0/s1. The van der Waals surface area contributed by atoms with Crippen molar-refractivity contribution >= 4 is 51.9 Å². The van der Waals surface area contributed by atoms with Crippen LogP contribution in [0.25, 0.3) is 6.08 Å². The molecule has 9 nitrogen and oxygen atoms in total. The molecule has 210 valence electrons. The molecule has 0 amide bonds. The molecule has 1 aliphatic heterocycles. The van der Waals surface area contributed by atoms with Crippen LogP contribution < -0.4 is 24.4 Å². The van der Waals surface area contributed by atoms with Gasteiger partial charge in [0.2, 0.25) is 0 Å². The maximum atomic E-state index is 13.9. The summed E-state index contributed by atoms with van der Waals surface area (Å²) in [5.41, 5.74) is 2.16. The third kappa shape index (κ3) is 6.15. The van der Waals surface area contributed by atoms with Crippen LogP contribution in [0.2, 0.25) is 0 Å². The lowest BCUT2D eigenvalue weighted by atomic mass is 9.95. The number of benzene rings is 2. The SMILES string of the molecule is CCOC(=O)COc1c(I)cc(/C=c2\sc3n(c2=O)[C@@H](c2ccccc2)C(C(=O)OC)=C(CC)N=3)cc1OCC. The van der Waals surface area contributed by atoms with E-state index in [9.17, 15) is 14.4 Å². The molecule has 11 heteroatoms. The number of aromatic nitrogens is 1. The van der Waals surface area contributed by atoms with E-state index in [1.807, 2.05) is 50.2 Å². The van der Waals surface area contributed by atoms with Gasteiger partial charge in [0.1, 0.15) is 0 Å². The number of carbonyl (C=O) groups excluding carboxylic acids is 2. The first-order valence-corrected chi connectivity index (χ1v) is 14.6. The molecular formula is C29H29IN2O7S. The largest absolute Gasteiger partial charge is 0.490 e. The van der Waals surface area contributed by atoms with E-state index in [1.54, 1.807) is 23.6 Å². The van der Waals surface area contributed by atoms with E-state index in [0.29, 0.717) is 54.3 Å². The predicted octanol–water partition coefficient (Wildman–Crippen LogP) is 3.74. The highest BCUT2D eigenvalue weighted by molar-refractivity contribution is 14.1. The second-order valence-corrected chi connectivity index (χ2v) is 10.7. The minimum atomic E-state index is -0.667. The lowest BCUT2D eigenvalue weighted by Gasteiger charge is -2.25. The highest BCUT2D eigenvalue weighted by Gasteiger charge is 2.33. The van der Waals surface area contributed by atoms with Crippen molar-refractivity contribution < 1.29 is 28.5 Å². The Labute approximate surface area is 248 Å². The highest BCUT2D eigenvalue weighted by atomic mass is 127. The minimum Gasteiger partial charge on any atom is -0.490 e. The van der Waals surface area contributed by atoms with Gasteiger partial charge in [-0.2, -0.15) is 0 Å². The van der Waals surface area contributed by atoms with Gasteiger partial charge in [-0.1, -0.05) is 48.6 Å². The number of rotatable bonds is 10. The van der Waals surface area contributed by atoms with Crippen LogP contribution in [-0.2, 0) is 19.1 Å². The van der Waals surface area contributed by atoms with Crippen LogP contribution in [0.1, 0.15) is 44.4 Å². The summed E-state index contributed by atoms with van der Waals surface area (Å²) in [6.07, 6.45) is 2.27. The van der Waals surface area contributed by atoms with Crippen molar-refractivity contribution in [2.75, 3.05) is 26.9 Å². The maximum absolute atomic E-state index is 13.9. The van der Waals surface area contributed by atoms with Gasteiger partial charge in [0.25, 0.3) is 5.56 Å². The number of allylic oxidation sites excluding steroid dienone is 1. The molecule has 0 fully saturated rings. The van der Waals surface area contributed by atoms with Crippen LogP contribution in [0.15, 0.2) is 63.5 Å². The molecule has 0 saturated heterocycles. The number of ether oxygens (including phenoxy) is 4. The Hall–Kier alpha value is -3.45. The Balaban J connectivity index is 1.84. The lowest BCUT2D eigenvalue weighted by Crippen LogP contribution is -2.40. The van der Waals surface area contributed by atoms with E-state index in [1.165, 1.54) is 18.4 Å². The van der Waals surface area contributed by atoms with E-state index in [2.05, 4.69) is 22.6 Å². The van der Waals surface area contributed by atoms with Crippen molar-refractivity contribution in [2.45, 2.75) is 33.2 Å². The molecule has 40 heavy (non-hydrogen) atoms. The molecule has 3 aromatic rings. The van der Waals surface area contributed by atoms with Crippen LogP contribution in [0.5, 0.6) is 11.5 Å². The Kier molecular flexibility index (Phi) is 9.80. The first kappa shape index (κ1) is 29.5. The molecule has 1 atom stereocenters. The van der Waals surface area contributed by atoms with E-state index in [-0.39, 0.29) is 18.8 Å². The summed E-state index contributed by atoms with van der Waals surface area (Å²) < 4.78 is 24.3. The number of fused-ring (bicyclic) bond motifs is 1. The molecule has 0 N–H and O–H groups in total. The van der Waals surface area contributed by atoms with Gasteiger partial charge in [0.15, 0.2) is 22.9 Å². The molecular weight excluding hydrogens is 647 g/mol. The van der Waals surface area contributed by atoms with Crippen molar-refractivity contribution in [1.29, 1.82) is 0 Å². The number of nitrogens with zero attached hydrogens (tertiary/aromatic N) is 2. The van der Waals surface area contributed by atoms with Crippen molar-refractivity contribution in [2.24, 2.45) is 4.99 Å². The summed E-state index contributed by atoms with van der Waals surface area (Å²) in [5, 5.41) is 0. The number of thiazole rings is 1. The number of hydrogen-bond acceptors (Lipinski definition) is 9. The quantitative estimate of drug-likeness (QED) is 0.238. The third-order valence-electron chi connectivity index (χ3n) is 6.03. The average molecular weight is 677 g/mol. The molecule has 1 aromatic heterocycles.